The number of thiol groups is 1. The monoisotopic (exact) mass is 544 g/mol. The summed E-state index contributed by atoms with van der Waals surface area (Å²) >= 11 is 4.01. The van der Waals surface area contributed by atoms with Crippen LogP contribution >= 0.6 is 12.6 Å². The number of aromatic nitrogens is 2. The number of carboxylic acid groups (broad SMARTS) is 1. The molecule has 0 aliphatic carbocycles. The van der Waals surface area contributed by atoms with E-state index in [-0.39, 0.29) is 25.0 Å². The van der Waals surface area contributed by atoms with Crippen molar-refractivity contribution in [2.24, 2.45) is 11.5 Å². The van der Waals surface area contributed by atoms with Gasteiger partial charge >= 0.3 is 5.97 Å². The number of primary amides is 1. The number of aliphatic hydroxyl groups is 1. The fourth-order valence-corrected chi connectivity index (χ4v) is 3.16. The quantitative estimate of drug-likeness (QED) is 0.0891. The van der Waals surface area contributed by atoms with Gasteiger partial charge in [-0.3, -0.25) is 24.0 Å². The molecular formula is C20H32N8O8S. The highest BCUT2D eigenvalue weighted by molar-refractivity contribution is 7.80. The second-order valence-electron chi connectivity index (χ2n) is 8.04. The number of hydrogen-bond donors (Lipinski definition) is 10. The molecule has 0 radical (unpaired) electrons. The Bertz CT molecular complexity index is 958. The Balaban J connectivity index is 2.70. The Labute approximate surface area is 217 Å². The Hall–Kier alpha value is -3.70. The van der Waals surface area contributed by atoms with Crippen LogP contribution in [-0.2, 0) is 35.2 Å². The van der Waals surface area contributed by atoms with E-state index >= 15 is 0 Å². The van der Waals surface area contributed by atoms with Crippen LogP contribution < -0.4 is 32.7 Å². The van der Waals surface area contributed by atoms with Crippen molar-refractivity contribution in [3.8, 4) is 0 Å². The molecule has 1 rings (SSSR count). The van der Waals surface area contributed by atoms with Crippen LogP contribution in [0.3, 0.4) is 0 Å². The molecule has 0 fully saturated rings. The fraction of sp³-hybridized carbons (Fsp3) is 0.550. The summed E-state index contributed by atoms with van der Waals surface area (Å²) in [5.74, 6) is -5.59. The van der Waals surface area contributed by atoms with Crippen LogP contribution in [0.2, 0.25) is 0 Å². The SMILES string of the molecule is C[C@@H](O)[C@H](NC(=O)CNC(=O)[C@@H](N)CCC(N)=O)C(=O)N[C@@H](CS)C(=O)N[C@@H](Cc1cnc[nH]1)C(=O)O. The smallest absolute Gasteiger partial charge is 0.326 e. The van der Waals surface area contributed by atoms with Crippen molar-refractivity contribution in [3.05, 3.63) is 18.2 Å². The minimum Gasteiger partial charge on any atom is -0.480 e. The fourth-order valence-electron chi connectivity index (χ4n) is 2.90. The molecule has 206 valence electrons. The van der Waals surface area contributed by atoms with Crippen molar-refractivity contribution in [1.29, 1.82) is 0 Å². The minimum atomic E-state index is -1.52. The Morgan fingerprint density at radius 1 is 1.08 bits per heavy atom. The van der Waals surface area contributed by atoms with Crippen LogP contribution in [0.1, 0.15) is 25.5 Å². The zero-order chi connectivity index (χ0) is 28.1. The molecule has 0 spiro atoms. The summed E-state index contributed by atoms with van der Waals surface area (Å²) in [4.78, 5) is 78.2. The number of nitrogens with zero attached hydrogens (tertiary/aromatic N) is 1. The van der Waals surface area contributed by atoms with Gasteiger partial charge in [0.15, 0.2) is 0 Å². The number of aliphatic hydroxyl groups excluding tert-OH is 1. The van der Waals surface area contributed by atoms with Crippen LogP contribution in [-0.4, -0.2) is 98.3 Å². The number of hydrogen-bond acceptors (Lipinski definition) is 10. The lowest BCUT2D eigenvalue weighted by Crippen LogP contribution is -2.59. The Morgan fingerprint density at radius 3 is 2.24 bits per heavy atom. The second-order valence-corrected chi connectivity index (χ2v) is 8.40. The van der Waals surface area contributed by atoms with Gasteiger partial charge < -0.3 is 47.9 Å². The van der Waals surface area contributed by atoms with Crippen molar-refractivity contribution in [1.82, 2.24) is 31.2 Å². The summed E-state index contributed by atoms with van der Waals surface area (Å²) in [6.45, 7) is 0.619. The molecule has 1 heterocycles. The topological polar surface area (TPSA) is 272 Å². The summed E-state index contributed by atoms with van der Waals surface area (Å²) in [5.41, 5.74) is 11.0. The third-order valence-corrected chi connectivity index (χ3v) is 5.32. The van der Waals surface area contributed by atoms with Gasteiger partial charge in [0.05, 0.1) is 25.0 Å². The van der Waals surface area contributed by atoms with Crippen LogP contribution in [0.15, 0.2) is 12.5 Å². The van der Waals surface area contributed by atoms with Gasteiger partial charge in [0.2, 0.25) is 29.5 Å². The highest BCUT2D eigenvalue weighted by atomic mass is 32.1. The molecule has 17 heteroatoms. The average Bonchev–Trinajstić information content (AvgIpc) is 3.34. The molecule has 0 aliphatic heterocycles. The largest absolute Gasteiger partial charge is 0.480 e. The molecule has 11 N–H and O–H groups in total. The molecule has 16 nitrogen and oxygen atoms in total. The number of H-pyrrole nitrogens is 1. The number of amides is 5. The van der Waals surface area contributed by atoms with Gasteiger partial charge in [-0.2, -0.15) is 12.6 Å². The van der Waals surface area contributed by atoms with Gasteiger partial charge in [-0.25, -0.2) is 9.78 Å². The average molecular weight is 545 g/mol. The zero-order valence-electron chi connectivity index (χ0n) is 20.0. The maximum atomic E-state index is 12.7. The first-order valence-electron chi connectivity index (χ1n) is 11.1. The third kappa shape index (κ3) is 11.3. The van der Waals surface area contributed by atoms with E-state index in [1.54, 1.807) is 0 Å². The number of carbonyl (C=O) groups is 6. The maximum absolute atomic E-state index is 12.7. The molecule has 0 unspecified atom stereocenters. The number of carboxylic acids is 1. The first-order chi connectivity index (χ1) is 17.3. The van der Waals surface area contributed by atoms with Crippen LogP contribution in [0.5, 0.6) is 0 Å². The van der Waals surface area contributed by atoms with E-state index in [4.69, 9.17) is 11.5 Å². The lowest BCUT2D eigenvalue weighted by molar-refractivity contribution is -0.142. The zero-order valence-corrected chi connectivity index (χ0v) is 20.9. The number of nitrogens with one attached hydrogen (secondary N) is 5. The van der Waals surface area contributed by atoms with Crippen molar-refractivity contribution < 1.29 is 39.0 Å². The molecule has 5 amide bonds. The molecule has 1 aromatic rings. The summed E-state index contributed by atoms with van der Waals surface area (Å²) in [5, 5.41) is 28.4. The lowest BCUT2D eigenvalue weighted by Gasteiger charge is -2.25. The number of imidazole rings is 1. The molecule has 5 atom stereocenters. The molecular weight excluding hydrogens is 512 g/mol. The summed E-state index contributed by atoms with van der Waals surface area (Å²) < 4.78 is 0. The van der Waals surface area contributed by atoms with E-state index in [1.807, 2.05) is 0 Å². The molecule has 0 aromatic carbocycles. The maximum Gasteiger partial charge on any atom is 0.326 e. The van der Waals surface area contributed by atoms with Gasteiger partial charge in [0.1, 0.15) is 18.1 Å². The van der Waals surface area contributed by atoms with Gasteiger partial charge in [-0.1, -0.05) is 0 Å². The number of aromatic amines is 1. The van der Waals surface area contributed by atoms with Gasteiger partial charge in [0, 0.05) is 30.5 Å². The molecule has 0 saturated heterocycles. The number of nitrogens with two attached hydrogens (primary N) is 2. The predicted molar refractivity (Wildman–Crippen MR) is 131 cm³/mol. The van der Waals surface area contributed by atoms with E-state index in [9.17, 15) is 39.0 Å². The van der Waals surface area contributed by atoms with E-state index in [0.29, 0.717) is 5.69 Å². The Kier molecular flexibility index (Phi) is 13.1. The normalized spacial score (nSPS) is 14.8. The summed E-state index contributed by atoms with van der Waals surface area (Å²) in [7, 11) is 0. The highest BCUT2D eigenvalue weighted by Gasteiger charge is 2.31. The van der Waals surface area contributed by atoms with Crippen LogP contribution in [0.25, 0.3) is 0 Å². The van der Waals surface area contributed by atoms with E-state index in [1.165, 1.54) is 19.4 Å². The number of carbonyl (C=O) groups excluding carboxylic acids is 5. The predicted octanol–water partition coefficient (Wildman–Crippen LogP) is -4.49. The van der Waals surface area contributed by atoms with E-state index in [0.717, 1.165) is 0 Å². The first-order valence-corrected chi connectivity index (χ1v) is 11.7. The van der Waals surface area contributed by atoms with Gasteiger partial charge in [-0.05, 0) is 13.3 Å². The standard InChI is InChI=1S/C20H32N8O8S/c1-9(29)16(28-15(31)6-24-17(32)11(21)2-3-14(22)30)19(34)27-13(7-37)18(33)26-12(20(35)36)4-10-5-23-8-25-10/h5,8-9,11-13,16,29,37H,2-4,6-7,21H2,1H3,(H2,22,30)(H,23,25)(H,24,32)(H,26,33)(H,27,34)(H,28,31)(H,35,36)/t9-,11+,12+,13+,16+/m1/s1. The molecule has 0 bridgehead atoms. The third-order valence-electron chi connectivity index (χ3n) is 4.95. The highest BCUT2D eigenvalue weighted by Crippen LogP contribution is 2.02. The number of rotatable bonds is 16. The Morgan fingerprint density at radius 2 is 1.73 bits per heavy atom. The van der Waals surface area contributed by atoms with Gasteiger partial charge in [-0.15, -0.1) is 0 Å². The first kappa shape index (κ1) is 31.3. The molecule has 1 aromatic heterocycles. The van der Waals surface area contributed by atoms with Crippen molar-refractivity contribution >= 4 is 48.1 Å². The second kappa shape index (κ2) is 15.4. The number of aliphatic carboxylic acids is 1. The molecule has 0 aliphatic rings. The van der Waals surface area contributed by atoms with Crippen molar-refractivity contribution in [3.63, 3.8) is 0 Å². The van der Waals surface area contributed by atoms with Crippen LogP contribution in [0, 0.1) is 0 Å². The summed E-state index contributed by atoms with van der Waals surface area (Å²) in [6, 6.07) is -5.25. The summed E-state index contributed by atoms with van der Waals surface area (Å²) in [6.07, 6.45) is 1.08. The molecule has 37 heavy (non-hydrogen) atoms. The van der Waals surface area contributed by atoms with Crippen LogP contribution in [0.4, 0.5) is 0 Å². The van der Waals surface area contributed by atoms with E-state index in [2.05, 4.69) is 43.9 Å². The lowest BCUT2D eigenvalue weighted by atomic mass is 10.1. The minimum absolute atomic E-state index is 0.0285. The van der Waals surface area contributed by atoms with Crippen molar-refractivity contribution in [2.45, 2.75) is 56.5 Å². The van der Waals surface area contributed by atoms with Crippen molar-refractivity contribution in [2.75, 3.05) is 12.3 Å². The van der Waals surface area contributed by atoms with E-state index < -0.39 is 72.3 Å². The van der Waals surface area contributed by atoms with Gasteiger partial charge in [0.25, 0.3) is 0 Å². The molecule has 0 saturated carbocycles.